The van der Waals surface area contributed by atoms with Crippen LogP contribution in [0.4, 0.5) is 14.4 Å². The zero-order valence-corrected chi connectivity index (χ0v) is 28.2. The molecule has 15 nitrogen and oxygen atoms in total. The van der Waals surface area contributed by atoms with Gasteiger partial charge < -0.3 is 44.9 Å². The van der Waals surface area contributed by atoms with Crippen molar-refractivity contribution >= 4 is 37.3 Å². The molecule has 0 aliphatic carbocycles. The van der Waals surface area contributed by atoms with E-state index in [-0.39, 0.29) is 25.9 Å². The van der Waals surface area contributed by atoms with E-state index in [0.717, 1.165) is 4.90 Å². The molecule has 3 atom stereocenters. The lowest BCUT2D eigenvalue weighted by Crippen LogP contribution is -2.55. The number of unbranched alkanes of at least 4 members (excludes halogenated alkanes) is 1. The van der Waals surface area contributed by atoms with Crippen LogP contribution in [0, 0.1) is 0 Å². The molecule has 2 fully saturated rings. The average molecular weight is 643 g/mol. The van der Waals surface area contributed by atoms with E-state index >= 15 is 0 Å². The van der Waals surface area contributed by atoms with E-state index in [4.69, 9.17) is 18.8 Å². The maximum absolute atomic E-state index is 13.4. The summed E-state index contributed by atoms with van der Waals surface area (Å²) < 4.78 is 22.4. The van der Waals surface area contributed by atoms with Gasteiger partial charge in [-0.25, -0.2) is 19.2 Å². The molecule has 0 unspecified atom stereocenters. The van der Waals surface area contributed by atoms with Crippen molar-refractivity contribution in [1.29, 1.82) is 0 Å². The van der Waals surface area contributed by atoms with Crippen LogP contribution >= 0.6 is 0 Å². The van der Waals surface area contributed by atoms with Crippen molar-refractivity contribution in [2.45, 2.75) is 141 Å². The minimum Gasteiger partial charge on any atom is -0.479 e. The van der Waals surface area contributed by atoms with Crippen LogP contribution < -0.4 is 16.0 Å². The zero-order chi connectivity index (χ0) is 34.6. The number of nitrogens with one attached hydrogen (secondary N) is 3. The summed E-state index contributed by atoms with van der Waals surface area (Å²) in [5, 5.41) is 27.7. The number of hydrogen-bond acceptors (Lipinski definition) is 9. The predicted octanol–water partition coefficient (Wildman–Crippen LogP) is 3.36. The number of carboxylic acid groups (broad SMARTS) is 2. The van der Waals surface area contributed by atoms with Gasteiger partial charge in [0.05, 0.1) is 17.7 Å². The predicted molar refractivity (Wildman–Crippen MR) is 164 cm³/mol. The van der Waals surface area contributed by atoms with E-state index in [9.17, 15) is 34.2 Å². The summed E-state index contributed by atoms with van der Waals surface area (Å²) in [4.78, 5) is 63.7. The fraction of sp³-hybridized carbons (Fsp3) is 0.828. The molecular formula is C29H51BN4O11. The van der Waals surface area contributed by atoms with Crippen molar-refractivity contribution in [1.82, 2.24) is 20.9 Å². The number of amides is 4. The number of carbonyl (C=O) groups is 5. The summed E-state index contributed by atoms with van der Waals surface area (Å²) in [5.74, 6) is -2.10. The van der Waals surface area contributed by atoms with Crippen molar-refractivity contribution in [3.05, 3.63) is 0 Å². The van der Waals surface area contributed by atoms with Gasteiger partial charge in [-0.15, -0.1) is 0 Å². The van der Waals surface area contributed by atoms with Crippen molar-refractivity contribution in [3.8, 4) is 0 Å². The lowest BCUT2D eigenvalue weighted by molar-refractivity contribution is -0.149. The molecule has 256 valence electrons. The normalized spacial score (nSPS) is 23.2. The zero-order valence-electron chi connectivity index (χ0n) is 28.2. The van der Waals surface area contributed by atoms with Crippen molar-refractivity contribution in [2.24, 2.45) is 0 Å². The van der Waals surface area contributed by atoms with Crippen LogP contribution in [0.15, 0.2) is 0 Å². The first-order valence-electron chi connectivity index (χ1n) is 15.2. The third-order valence-electron chi connectivity index (χ3n) is 7.92. The molecule has 2 saturated heterocycles. The SMILES string of the molecule is CC(C)(C)OC(=O)NC[C@H](NC(=O)OC(C)(C)C)C(=O)N[C@H]1CN(C(=O)O)[C@@](CCCCB2OC(C)(C)C(C)(C)O2)(C(=O)O)C1. The second kappa shape index (κ2) is 14.0. The van der Waals surface area contributed by atoms with Crippen LogP contribution in [0.3, 0.4) is 0 Å². The molecule has 0 radical (unpaired) electrons. The van der Waals surface area contributed by atoms with Crippen LogP contribution in [-0.4, -0.2) is 106 Å². The Hall–Kier alpha value is -3.27. The summed E-state index contributed by atoms with van der Waals surface area (Å²) in [6, 6.07) is -2.23. The topological polar surface area (TPSA) is 202 Å². The summed E-state index contributed by atoms with van der Waals surface area (Å²) in [6.07, 6.45) is -1.99. The Balaban J connectivity index is 2.12. The molecule has 0 aromatic carbocycles. The molecule has 4 amide bonds. The Bertz CT molecular complexity index is 1100. The Morgan fingerprint density at radius 3 is 1.93 bits per heavy atom. The first-order valence-corrected chi connectivity index (χ1v) is 15.2. The third kappa shape index (κ3) is 10.7. The van der Waals surface area contributed by atoms with Crippen LogP contribution in [0.1, 0.15) is 94.9 Å². The lowest BCUT2D eigenvalue weighted by Gasteiger charge is -2.32. The van der Waals surface area contributed by atoms with Gasteiger partial charge in [0.25, 0.3) is 0 Å². The molecular weight excluding hydrogens is 591 g/mol. The molecule has 2 aliphatic rings. The van der Waals surface area contributed by atoms with Gasteiger partial charge in [-0.2, -0.15) is 0 Å². The number of nitrogens with zero attached hydrogens (tertiary/aromatic N) is 1. The van der Waals surface area contributed by atoms with Crippen LogP contribution in [0.5, 0.6) is 0 Å². The molecule has 0 bridgehead atoms. The summed E-state index contributed by atoms with van der Waals surface area (Å²) in [6.45, 7) is 17.0. The molecule has 0 saturated carbocycles. The van der Waals surface area contributed by atoms with E-state index in [2.05, 4.69) is 16.0 Å². The molecule has 0 spiro atoms. The molecule has 45 heavy (non-hydrogen) atoms. The van der Waals surface area contributed by atoms with Crippen LogP contribution in [0.25, 0.3) is 0 Å². The maximum Gasteiger partial charge on any atom is 0.457 e. The van der Waals surface area contributed by atoms with Crippen molar-refractivity contribution in [2.75, 3.05) is 13.1 Å². The fourth-order valence-electron chi connectivity index (χ4n) is 5.15. The van der Waals surface area contributed by atoms with Gasteiger partial charge in [0.2, 0.25) is 5.91 Å². The summed E-state index contributed by atoms with van der Waals surface area (Å²) in [7, 11) is -0.467. The van der Waals surface area contributed by atoms with E-state index in [1.54, 1.807) is 41.5 Å². The Kier molecular flexibility index (Phi) is 11.8. The van der Waals surface area contributed by atoms with Gasteiger partial charge in [0, 0.05) is 19.0 Å². The molecule has 0 aromatic rings. The largest absolute Gasteiger partial charge is 0.479 e. The first-order chi connectivity index (χ1) is 20.4. The standard InChI is InChI=1S/C29H51BN4O11/c1-25(2,3)42-22(38)31-16-19(33-23(39)43-26(4,5)6)20(35)32-18-15-29(21(36)37,34(17-18)24(40)41)13-11-12-14-30-44-27(7,8)28(9,10)45-30/h18-19H,11-17H2,1-10H3,(H,31,38)(H,32,35)(H,33,39)(H,36,37)(H,40,41)/t18-,19+,29-/m1/s1. The highest BCUT2D eigenvalue weighted by atomic mass is 16.7. The van der Waals surface area contributed by atoms with E-state index in [0.29, 0.717) is 19.2 Å². The van der Waals surface area contributed by atoms with Gasteiger partial charge in [0.1, 0.15) is 22.8 Å². The summed E-state index contributed by atoms with van der Waals surface area (Å²) >= 11 is 0. The maximum atomic E-state index is 13.4. The molecule has 16 heteroatoms. The number of alkyl carbamates (subject to hydrolysis) is 2. The molecule has 0 aromatic heterocycles. The minimum absolute atomic E-state index is 0.000294. The van der Waals surface area contributed by atoms with Crippen molar-refractivity contribution in [3.63, 3.8) is 0 Å². The molecule has 2 heterocycles. The van der Waals surface area contributed by atoms with E-state index < -0.39 is 77.3 Å². The highest BCUT2D eigenvalue weighted by molar-refractivity contribution is 6.45. The number of rotatable bonds is 11. The quantitative estimate of drug-likeness (QED) is 0.163. The smallest absolute Gasteiger partial charge is 0.457 e. The second-order valence-electron chi connectivity index (χ2n) is 14.7. The van der Waals surface area contributed by atoms with E-state index in [1.165, 1.54) is 0 Å². The van der Waals surface area contributed by atoms with Crippen molar-refractivity contribution < 1.29 is 53.0 Å². The van der Waals surface area contributed by atoms with Gasteiger partial charge in [-0.1, -0.05) is 12.8 Å². The van der Waals surface area contributed by atoms with Gasteiger partial charge in [0.15, 0.2) is 0 Å². The number of carboxylic acids is 1. The third-order valence-corrected chi connectivity index (χ3v) is 7.92. The van der Waals surface area contributed by atoms with Crippen LogP contribution in [-0.2, 0) is 28.4 Å². The second-order valence-corrected chi connectivity index (χ2v) is 14.7. The highest BCUT2D eigenvalue weighted by Crippen LogP contribution is 2.39. The Morgan fingerprint density at radius 1 is 0.911 bits per heavy atom. The number of ether oxygens (including phenoxy) is 2. The lowest BCUT2D eigenvalue weighted by atomic mass is 9.80. The minimum atomic E-state index is -1.79. The fourth-order valence-corrected chi connectivity index (χ4v) is 5.15. The molecule has 5 N–H and O–H groups in total. The molecule has 2 aliphatic heterocycles. The van der Waals surface area contributed by atoms with E-state index in [1.807, 2.05) is 27.7 Å². The number of likely N-dealkylation sites (tertiary alicyclic amines) is 1. The number of aliphatic carboxylic acids is 1. The molecule has 2 rings (SSSR count). The van der Waals surface area contributed by atoms with Gasteiger partial charge >= 0.3 is 31.4 Å². The first kappa shape index (κ1) is 37.9. The van der Waals surface area contributed by atoms with Crippen LogP contribution in [0.2, 0.25) is 6.32 Å². The number of hydrogen-bond donors (Lipinski definition) is 5. The number of carbonyl (C=O) groups excluding carboxylic acids is 3. The summed E-state index contributed by atoms with van der Waals surface area (Å²) in [5.41, 5.74) is -4.48. The highest BCUT2D eigenvalue weighted by Gasteiger charge is 2.54. The Morgan fingerprint density at radius 2 is 1.44 bits per heavy atom. The average Bonchev–Trinajstić information content (AvgIpc) is 3.30. The Labute approximate surface area is 265 Å². The van der Waals surface area contributed by atoms with Gasteiger partial charge in [-0.05, 0) is 82.0 Å². The monoisotopic (exact) mass is 642 g/mol. The van der Waals surface area contributed by atoms with Gasteiger partial charge in [-0.3, -0.25) is 9.69 Å².